The number of amides is 1. The number of hydrogen-bond acceptors (Lipinski definition) is 4. The molecule has 0 bridgehead atoms. The monoisotopic (exact) mass is 227 g/mol. The van der Waals surface area contributed by atoms with Crippen LogP contribution in [0.3, 0.4) is 0 Å². The Morgan fingerprint density at radius 3 is 2.38 bits per heavy atom. The van der Waals surface area contributed by atoms with Gasteiger partial charge in [-0.3, -0.25) is 4.90 Å². The third kappa shape index (κ3) is 2.65. The number of carbonyl (C=O) groups excluding carboxylic acids is 1. The molecule has 0 saturated carbocycles. The minimum Gasteiger partial charge on any atom is -0.453 e. The van der Waals surface area contributed by atoms with Gasteiger partial charge in [-0.05, 0) is 25.9 Å². The summed E-state index contributed by atoms with van der Waals surface area (Å²) in [6.07, 6.45) is 2.28. The van der Waals surface area contributed by atoms with E-state index in [-0.39, 0.29) is 6.09 Å². The Morgan fingerprint density at radius 1 is 1.19 bits per heavy atom. The summed E-state index contributed by atoms with van der Waals surface area (Å²) in [5.74, 6) is 0. The van der Waals surface area contributed by atoms with Gasteiger partial charge in [0.1, 0.15) is 0 Å². The van der Waals surface area contributed by atoms with Crippen molar-refractivity contribution in [2.24, 2.45) is 0 Å². The second-order valence-corrected chi connectivity index (χ2v) is 4.47. The largest absolute Gasteiger partial charge is 0.453 e. The van der Waals surface area contributed by atoms with Gasteiger partial charge in [-0.1, -0.05) is 0 Å². The third-order valence-corrected chi connectivity index (χ3v) is 3.57. The molecule has 2 aliphatic rings. The SMILES string of the molecule is COC(=O)N1CCN(C2CCNCC2)CC1. The summed E-state index contributed by atoms with van der Waals surface area (Å²) >= 11 is 0. The summed E-state index contributed by atoms with van der Waals surface area (Å²) in [7, 11) is 1.45. The van der Waals surface area contributed by atoms with Crippen molar-refractivity contribution in [3.8, 4) is 0 Å². The first-order valence-electron chi connectivity index (χ1n) is 6.09. The summed E-state index contributed by atoms with van der Waals surface area (Å²) in [5, 5.41) is 3.38. The van der Waals surface area contributed by atoms with Gasteiger partial charge in [-0.2, -0.15) is 0 Å². The molecular weight excluding hydrogens is 206 g/mol. The quantitative estimate of drug-likeness (QED) is 0.691. The van der Waals surface area contributed by atoms with Crippen LogP contribution >= 0.6 is 0 Å². The molecule has 1 amide bonds. The van der Waals surface area contributed by atoms with Gasteiger partial charge < -0.3 is 15.0 Å². The van der Waals surface area contributed by atoms with Crippen LogP contribution in [0.2, 0.25) is 0 Å². The minimum atomic E-state index is -0.190. The molecule has 0 atom stereocenters. The number of hydrogen-bond donors (Lipinski definition) is 1. The zero-order valence-electron chi connectivity index (χ0n) is 9.95. The van der Waals surface area contributed by atoms with Gasteiger partial charge in [0.05, 0.1) is 7.11 Å². The normalized spacial score (nSPS) is 24.4. The van der Waals surface area contributed by atoms with E-state index in [9.17, 15) is 4.79 Å². The van der Waals surface area contributed by atoms with E-state index in [0.29, 0.717) is 6.04 Å². The van der Waals surface area contributed by atoms with E-state index in [2.05, 4.69) is 10.2 Å². The molecular formula is C11H21N3O2. The van der Waals surface area contributed by atoms with Crippen LogP contribution in [0.25, 0.3) is 0 Å². The Balaban J connectivity index is 1.78. The van der Waals surface area contributed by atoms with Crippen molar-refractivity contribution in [1.29, 1.82) is 0 Å². The van der Waals surface area contributed by atoms with Gasteiger partial charge in [0.15, 0.2) is 0 Å². The molecule has 2 rings (SSSR count). The second kappa shape index (κ2) is 5.50. The molecule has 0 aromatic heterocycles. The molecule has 2 saturated heterocycles. The van der Waals surface area contributed by atoms with Crippen LogP contribution in [0.15, 0.2) is 0 Å². The first-order chi connectivity index (χ1) is 7.81. The highest BCUT2D eigenvalue weighted by Crippen LogP contribution is 2.14. The predicted octanol–water partition coefficient (Wildman–Crippen LogP) is 0.122. The Morgan fingerprint density at radius 2 is 1.81 bits per heavy atom. The van der Waals surface area contributed by atoms with E-state index in [1.54, 1.807) is 4.90 Å². The van der Waals surface area contributed by atoms with Crippen LogP contribution in [-0.2, 0) is 4.74 Å². The standard InChI is InChI=1S/C11H21N3O2/c1-16-11(15)14-8-6-13(7-9-14)10-2-4-12-5-3-10/h10,12H,2-9H2,1H3. The van der Waals surface area contributed by atoms with Crippen LogP contribution in [-0.4, -0.2) is 68.3 Å². The van der Waals surface area contributed by atoms with Crippen molar-refractivity contribution in [3.05, 3.63) is 0 Å². The fraction of sp³-hybridized carbons (Fsp3) is 0.909. The molecule has 16 heavy (non-hydrogen) atoms. The number of rotatable bonds is 1. The Kier molecular flexibility index (Phi) is 4.01. The molecule has 92 valence electrons. The second-order valence-electron chi connectivity index (χ2n) is 4.47. The van der Waals surface area contributed by atoms with E-state index in [1.165, 1.54) is 20.0 Å². The van der Waals surface area contributed by atoms with Crippen molar-refractivity contribution < 1.29 is 9.53 Å². The van der Waals surface area contributed by atoms with Crippen molar-refractivity contribution >= 4 is 6.09 Å². The van der Waals surface area contributed by atoms with E-state index in [0.717, 1.165) is 39.3 Å². The van der Waals surface area contributed by atoms with Crippen LogP contribution in [0.5, 0.6) is 0 Å². The first kappa shape index (κ1) is 11.7. The maximum Gasteiger partial charge on any atom is 0.409 e. The zero-order chi connectivity index (χ0) is 11.4. The molecule has 2 aliphatic heterocycles. The van der Waals surface area contributed by atoms with E-state index < -0.39 is 0 Å². The van der Waals surface area contributed by atoms with Gasteiger partial charge >= 0.3 is 6.09 Å². The molecule has 0 aliphatic carbocycles. The first-order valence-corrected chi connectivity index (χ1v) is 6.09. The smallest absolute Gasteiger partial charge is 0.409 e. The third-order valence-electron chi connectivity index (χ3n) is 3.57. The van der Waals surface area contributed by atoms with Gasteiger partial charge in [-0.25, -0.2) is 4.79 Å². The van der Waals surface area contributed by atoms with E-state index in [1.807, 2.05) is 0 Å². The van der Waals surface area contributed by atoms with Crippen LogP contribution in [0, 0.1) is 0 Å². The number of nitrogens with zero attached hydrogens (tertiary/aromatic N) is 2. The number of piperazine rings is 1. The molecule has 2 heterocycles. The topological polar surface area (TPSA) is 44.8 Å². The van der Waals surface area contributed by atoms with Gasteiger partial charge in [0, 0.05) is 32.2 Å². The molecule has 0 aromatic rings. The lowest BCUT2D eigenvalue weighted by Gasteiger charge is -2.40. The molecule has 0 spiro atoms. The average Bonchev–Trinajstić information content (AvgIpc) is 2.39. The lowest BCUT2D eigenvalue weighted by molar-refractivity contribution is 0.0670. The van der Waals surface area contributed by atoms with E-state index in [4.69, 9.17) is 4.74 Å². The Hall–Kier alpha value is -0.810. The molecule has 0 unspecified atom stereocenters. The Labute approximate surface area is 96.7 Å². The van der Waals surface area contributed by atoms with Crippen LogP contribution < -0.4 is 5.32 Å². The number of nitrogens with one attached hydrogen (secondary N) is 1. The van der Waals surface area contributed by atoms with Gasteiger partial charge in [-0.15, -0.1) is 0 Å². The number of methoxy groups -OCH3 is 1. The van der Waals surface area contributed by atoms with Gasteiger partial charge in [0.25, 0.3) is 0 Å². The molecule has 5 nitrogen and oxygen atoms in total. The average molecular weight is 227 g/mol. The lowest BCUT2D eigenvalue weighted by Crippen LogP contribution is -2.53. The van der Waals surface area contributed by atoms with Gasteiger partial charge in [0.2, 0.25) is 0 Å². The maximum atomic E-state index is 11.3. The number of piperidine rings is 1. The zero-order valence-corrected chi connectivity index (χ0v) is 9.95. The molecule has 5 heteroatoms. The van der Waals surface area contributed by atoms with Crippen molar-refractivity contribution in [2.45, 2.75) is 18.9 Å². The highest BCUT2D eigenvalue weighted by atomic mass is 16.5. The lowest BCUT2D eigenvalue weighted by atomic mass is 10.0. The summed E-state index contributed by atoms with van der Waals surface area (Å²) in [6, 6.07) is 0.709. The summed E-state index contributed by atoms with van der Waals surface area (Å²) in [4.78, 5) is 15.6. The molecule has 1 N–H and O–H groups in total. The molecule has 2 fully saturated rings. The van der Waals surface area contributed by atoms with Crippen molar-refractivity contribution in [1.82, 2.24) is 15.1 Å². The van der Waals surface area contributed by atoms with Crippen molar-refractivity contribution in [3.63, 3.8) is 0 Å². The maximum absolute atomic E-state index is 11.3. The van der Waals surface area contributed by atoms with E-state index >= 15 is 0 Å². The number of carbonyl (C=O) groups is 1. The Bertz CT molecular complexity index is 233. The number of ether oxygens (including phenoxy) is 1. The summed E-state index contributed by atoms with van der Waals surface area (Å²) in [6.45, 7) is 5.83. The predicted molar refractivity (Wildman–Crippen MR) is 61.4 cm³/mol. The summed E-state index contributed by atoms with van der Waals surface area (Å²) < 4.78 is 4.73. The molecule has 0 radical (unpaired) electrons. The fourth-order valence-corrected chi connectivity index (χ4v) is 2.57. The molecule has 0 aromatic carbocycles. The summed E-state index contributed by atoms with van der Waals surface area (Å²) in [5.41, 5.74) is 0. The fourth-order valence-electron chi connectivity index (χ4n) is 2.57. The van der Waals surface area contributed by atoms with Crippen LogP contribution in [0.4, 0.5) is 4.79 Å². The highest BCUT2D eigenvalue weighted by molar-refractivity contribution is 5.67. The minimum absolute atomic E-state index is 0.190. The van der Waals surface area contributed by atoms with Crippen LogP contribution in [0.1, 0.15) is 12.8 Å². The van der Waals surface area contributed by atoms with Crippen molar-refractivity contribution in [2.75, 3.05) is 46.4 Å². The highest BCUT2D eigenvalue weighted by Gasteiger charge is 2.26.